The van der Waals surface area contributed by atoms with Gasteiger partial charge < -0.3 is 4.98 Å². The molecule has 2 aromatic heterocycles. The molecule has 21 heavy (non-hydrogen) atoms. The summed E-state index contributed by atoms with van der Waals surface area (Å²) >= 11 is 5.58. The van der Waals surface area contributed by atoms with E-state index in [2.05, 4.69) is 52.8 Å². The van der Waals surface area contributed by atoms with Crippen molar-refractivity contribution in [2.45, 2.75) is 39.8 Å². The molecule has 0 bridgehead atoms. The Morgan fingerprint density at radius 1 is 1.24 bits per heavy atom. The van der Waals surface area contributed by atoms with Crippen molar-refractivity contribution in [3.8, 4) is 0 Å². The quantitative estimate of drug-likeness (QED) is 0.733. The Morgan fingerprint density at radius 2 is 1.95 bits per heavy atom. The van der Waals surface area contributed by atoms with Gasteiger partial charge in [-0.2, -0.15) is 5.10 Å². The molecule has 1 atom stereocenters. The van der Waals surface area contributed by atoms with Crippen molar-refractivity contribution in [3.05, 3.63) is 46.4 Å². The summed E-state index contributed by atoms with van der Waals surface area (Å²) in [5.41, 5.74) is 4.42. The number of aromatic nitrogens is 4. The van der Waals surface area contributed by atoms with E-state index in [0.717, 1.165) is 34.6 Å². The first-order valence-corrected chi connectivity index (χ1v) is 7.80. The van der Waals surface area contributed by atoms with Crippen LogP contribution >= 0.6 is 12.2 Å². The van der Waals surface area contributed by atoms with Gasteiger partial charge in [0.2, 0.25) is 0 Å². The number of H-pyrrole nitrogens is 1. The molecule has 0 fully saturated rings. The van der Waals surface area contributed by atoms with Gasteiger partial charge >= 0.3 is 0 Å². The first kappa shape index (κ1) is 14.1. The highest BCUT2D eigenvalue weighted by Gasteiger charge is 2.20. The monoisotopic (exact) mass is 300 g/mol. The van der Waals surface area contributed by atoms with Gasteiger partial charge in [-0.1, -0.05) is 37.3 Å². The van der Waals surface area contributed by atoms with Crippen LogP contribution in [0.3, 0.4) is 0 Å². The van der Waals surface area contributed by atoms with Crippen molar-refractivity contribution in [3.63, 3.8) is 0 Å². The summed E-state index contributed by atoms with van der Waals surface area (Å²) in [5, 5.41) is 4.60. The molecule has 0 aliphatic rings. The van der Waals surface area contributed by atoms with Gasteiger partial charge in [-0.3, -0.25) is 4.57 Å². The molecule has 4 nitrogen and oxygen atoms in total. The summed E-state index contributed by atoms with van der Waals surface area (Å²) in [7, 11) is 0. The van der Waals surface area contributed by atoms with Crippen molar-refractivity contribution in [1.29, 1.82) is 0 Å². The molecule has 0 radical (unpaired) electrons. The second-order valence-electron chi connectivity index (χ2n) is 5.23. The van der Waals surface area contributed by atoms with Crippen LogP contribution in [0.5, 0.6) is 0 Å². The standard InChI is InChI=1S/C16H20N4S/c1-4-13(12-9-7-6-8-10-12)20-15-14(17-16(20)21)11(3)18-19(15)5-2/h6-10,13H,4-5H2,1-3H3,(H,17,21). The summed E-state index contributed by atoms with van der Waals surface area (Å²) in [5.74, 6) is 0. The van der Waals surface area contributed by atoms with Crippen LogP contribution < -0.4 is 0 Å². The second kappa shape index (κ2) is 5.48. The van der Waals surface area contributed by atoms with Crippen LogP contribution in [0.4, 0.5) is 0 Å². The fourth-order valence-electron chi connectivity index (χ4n) is 2.98. The molecule has 0 saturated carbocycles. The van der Waals surface area contributed by atoms with Gasteiger partial charge in [0, 0.05) is 6.54 Å². The van der Waals surface area contributed by atoms with E-state index >= 15 is 0 Å². The Bertz CT molecular complexity index is 810. The number of benzene rings is 1. The Balaban J connectivity index is 2.28. The third-order valence-electron chi connectivity index (χ3n) is 3.96. The van der Waals surface area contributed by atoms with Gasteiger partial charge in [-0.15, -0.1) is 0 Å². The number of aryl methyl sites for hydroxylation is 2. The number of imidazole rings is 1. The van der Waals surface area contributed by atoms with E-state index < -0.39 is 0 Å². The van der Waals surface area contributed by atoms with Gasteiger partial charge in [-0.25, -0.2) is 4.68 Å². The molecule has 110 valence electrons. The molecule has 0 amide bonds. The molecule has 3 rings (SSSR count). The van der Waals surface area contributed by atoms with Crippen molar-refractivity contribution in [2.24, 2.45) is 0 Å². The number of hydrogen-bond acceptors (Lipinski definition) is 2. The van der Waals surface area contributed by atoms with Gasteiger partial charge in [0.25, 0.3) is 0 Å². The number of nitrogens with zero attached hydrogens (tertiary/aromatic N) is 3. The molecule has 0 aliphatic heterocycles. The highest BCUT2D eigenvalue weighted by molar-refractivity contribution is 7.71. The lowest BCUT2D eigenvalue weighted by atomic mass is 10.0. The number of aromatic amines is 1. The first-order valence-electron chi connectivity index (χ1n) is 7.39. The Hall–Kier alpha value is -1.88. The normalized spacial score (nSPS) is 12.9. The molecule has 1 aromatic carbocycles. The fourth-order valence-corrected chi connectivity index (χ4v) is 3.29. The van der Waals surface area contributed by atoms with Crippen LogP contribution in [0, 0.1) is 11.7 Å². The summed E-state index contributed by atoms with van der Waals surface area (Å²) < 4.78 is 5.01. The number of hydrogen-bond donors (Lipinski definition) is 1. The summed E-state index contributed by atoms with van der Waals surface area (Å²) in [6, 6.07) is 10.8. The largest absolute Gasteiger partial charge is 0.328 e. The van der Waals surface area contributed by atoms with Crippen LogP contribution in [-0.2, 0) is 6.54 Å². The minimum atomic E-state index is 0.230. The first-order chi connectivity index (χ1) is 10.2. The third kappa shape index (κ3) is 2.21. The van der Waals surface area contributed by atoms with Crippen molar-refractivity contribution >= 4 is 23.4 Å². The van der Waals surface area contributed by atoms with Gasteiger partial charge in [0.1, 0.15) is 5.52 Å². The number of nitrogens with one attached hydrogen (secondary N) is 1. The Kier molecular flexibility index (Phi) is 3.68. The van der Waals surface area contributed by atoms with E-state index in [1.165, 1.54) is 5.56 Å². The maximum Gasteiger partial charge on any atom is 0.179 e. The summed E-state index contributed by atoms with van der Waals surface area (Å²) in [6.07, 6.45) is 0.985. The van der Waals surface area contributed by atoms with Gasteiger partial charge in [0.05, 0.1) is 11.7 Å². The predicted molar refractivity (Wildman–Crippen MR) is 88.2 cm³/mol. The van der Waals surface area contributed by atoms with Crippen LogP contribution in [0.25, 0.3) is 11.2 Å². The minimum absolute atomic E-state index is 0.230. The summed E-state index contributed by atoms with van der Waals surface area (Å²) in [6.45, 7) is 7.16. The van der Waals surface area contributed by atoms with E-state index in [9.17, 15) is 0 Å². The topological polar surface area (TPSA) is 38.5 Å². The lowest BCUT2D eigenvalue weighted by Gasteiger charge is -2.18. The van der Waals surface area contributed by atoms with Gasteiger partial charge in [-0.05, 0) is 38.0 Å². The van der Waals surface area contributed by atoms with Crippen LogP contribution in [0.2, 0.25) is 0 Å². The zero-order chi connectivity index (χ0) is 15.0. The molecule has 0 saturated heterocycles. The SMILES string of the molecule is CCC(c1ccccc1)n1c(=S)[nH]c2c(C)nn(CC)c21. The van der Waals surface area contributed by atoms with Crippen molar-refractivity contribution in [2.75, 3.05) is 0 Å². The maximum atomic E-state index is 5.58. The van der Waals surface area contributed by atoms with Crippen LogP contribution in [0.15, 0.2) is 30.3 Å². The zero-order valence-electron chi connectivity index (χ0n) is 12.6. The number of fused-ring (bicyclic) bond motifs is 1. The second-order valence-corrected chi connectivity index (χ2v) is 5.62. The maximum absolute atomic E-state index is 5.58. The Labute approximate surface area is 129 Å². The highest BCUT2D eigenvalue weighted by Crippen LogP contribution is 2.28. The molecular formula is C16H20N4S. The van der Waals surface area contributed by atoms with E-state index in [1.54, 1.807) is 0 Å². The highest BCUT2D eigenvalue weighted by atomic mass is 32.1. The minimum Gasteiger partial charge on any atom is -0.328 e. The molecule has 2 heterocycles. The predicted octanol–water partition coefficient (Wildman–Crippen LogP) is 4.22. The van der Waals surface area contributed by atoms with E-state index in [1.807, 2.05) is 17.7 Å². The van der Waals surface area contributed by atoms with E-state index in [-0.39, 0.29) is 6.04 Å². The van der Waals surface area contributed by atoms with Crippen LogP contribution in [-0.4, -0.2) is 19.3 Å². The molecule has 3 aromatic rings. The lowest BCUT2D eigenvalue weighted by molar-refractivity contribution is 0.549. The summed E-state index contributed by atoms with van der Waals surface area (Å²) in [4.78, 5) is 3.33. The zero-order valence-corrected chi connectivity index (χ0v) is 13.4. The van der Waals surface area contributed by atoms with Crippen molar-refractivity contribution < 1.29 is 0 Å². The van der Waals surface area contributed by atoms with Crippen LogP contribution in [0.1, 0.15) is 37.6 Å². The van der Waals surface area contributed by atoms with Gasteiger partial charge in [0.15, 0.2) is 10.4 Å². The molecule has 0 aliphatic carbocycles. The molecule has 1 unspecified atom stereocenters. The lowest BCUT2D eigenvalue weighted by Crippen LogP contribution is -2.13. The molecule has 5 heteroatoms. The smallest absolute Gasteiger partial charge is 0.179 e. The Morgan fingerprint density at radius 3 is 2.57 bits per heavy atom. The molecular weight excluding hydrogens is 280 g/mol. The van der Waals surface area contributed by atoms with Crippen molar-refractivity contribution in [1.82, 2.24) is 19.3 Å². The van der Waals surface area contributed by atoms with E-state index in [4.69, 9.17) is 12.2 Å². The number of rotatable bonds is 4. The average Bonchev–Trinajstić information content (AvgIpc) is 2.99. The third-order valence-corrected chi connectivity index (χ3v) is 4.26. The van der Waals surface area contributed by atoms with E-state index in [0.29, 0.717) is 0 Å². The molecule has 1 N–H and O–H groups in total. The fraction of sp³-hybridized carbons (Fsp3) is 0.375. The molecule has 0 spiro atoms. The average molecular weight is 300 g/mol.